The van der Waals surface area contributed by atoms with Crippen molar-refractivity contribution < 1.29 is 9.59 Å². The Morgan fingerprint density at radius 2 is 1.75 bits per heavy atom. The highest BCUT2D eigenvalue weighted by Crippen LogP contribution is 2.31. The van der Waals surface area contributed by atoms with E-state index in [2.05, 4.69) is 5.32 Å². The Bertz CT molecular complexity index is 936. The molecule has 0 spiro atoms. The summed E-state index contributed by atoms with van der Waals surface area (Å²) in [6, 6.07) is 15.4. The number of anilines is 1. The molecule has 3 rings (SSSR count). The zero-order valence-electron chi connectivity index (χ0n) is 13.5. The summed E-state index contributed by atoms with van der Waals surface area (Å²) in [5.74, 6) is -0.0895. The van der Waals surface area contributed by atoms with E-state index in [9.17, 15) is 9.59 Å². The molecule has 1 amide bonds. The highest BCUT2D eigenvalue weighted by molar-refractivity contribution is 7.21. The molecule has 0 aliphatic carbocycles. The predicted molar refractivity (Wildman–Crippen MR) is 101 cm³/mol. The SMILES string of the molecule is CC(=O)Nc1ccc(/C=C/C(=O)c2sc3ccccc3c2C)cc1. The molecule has 1 aromatic heterocycles. The number of hydrogen-bond donors (Lipinski definition) is 1. The molecule has 0 fully saturated rings. The van der Waals surface area contributed by atoms with E-state index in [1.54, 1.807) is 12.2 Å². The average Bonchev–Trinajstić information content (AvgIpc) is 2.91. The molecule has 0 bridgehead atoms. The molecule has 0 saturated carbocycles. The number of hydrogen-bond acceptors (Lipinski definition) is 3. The Labute approximate surface area is 144 Å². The van der Waals surface area contributed by atoms with Gasteiger partial charge in [0.05, 0.1) is 4.88 Å². The lowest BCUT2D eigenvalue weighted by atomic mass is 10.1. The van der Waals surface area contributed by atoms with Crippen molar-refractivity contribution >= 4 is 44.9 Å². The summed E-state index contributed by atoms with van der Waals surface area (Å²) in [7, 11) is 0. The molecular formula is C20H17NO2S. The summed E-state index contributed by atoms with van der Waals surface area (Å²) in [5.41, 5.74) is 2.69. The summed E-state index contributed by atoms with van der Waals surface area (Å²) in [4.78, 5) is 24.3. The van der Waals surface area contributed by atoms with Crippen LogP contribution in [0, 0.1) is 6.92 Å². The molecule has 1 N–H and O–H groups in total. The van der Waals surface area contributed by atoms with Gasteiger partial charge in [-0.2, -0.15) is 0 Å². The molecule has 0 unspecified atom stereocenters. The lowest BCUT2D eigenvalue weighted by molar-refractivity contribution is -0.114. The number of benzene rings is 2. The molecule has 0 saturated heterocycles. The second-order valence-corrected chi connectivity index (χ2v) is 6.61. The maximum Gasteiger partial charge on any atom is 0.221 e. The van der Waals surface area contributed by atoms with Crippen LogP contribution in [0.4, 0.5) is 5.69 Å². The van der Waals surface area contributed by atoms with Crippen molar-refractivity contribution in [3.63, 3.8) is 0 Å². The lowest BCUT2D eigenvalue weighted by Gasteiger charge is -2.01. The third-order valence-electron chi connectivity index (χ3n) is 3.73. The van der Waals surface area contributed by atoms with Gasteiger partial charge in [-0.25, -0.2) is 0 Å². The lowest BCUT2D eigenvalue weighted by Crippen LogP contribution is -2.05. The third-order valence-corrected chi connectivity index (χ3v) is 5.01. The van der Waals surface area contributed by atoms with Crippen molar-refractivity contribution in [2.45, 2.75) is 13.8 Å². The highest BCUT2D eigenvalue weighted by atomic mass is 32.1. The van der Waals surface area contributed by atoms with Crippen molar-refractivity contribution in [3.8, 4) is 0 Å². The molecule has 4 heteroatoms. The monoisotopic (exact) mass is 335 g/mol. The van der Waals surface area contributed by atoms with Gasteiger partial charge in [-0.05, 0) is 47.7 Å². The highest BCUT2D eigenvalue weighted by Gasteiger charge is 2.12. The molecular weight excluding hydrogens is 318 g/mol. The minimum atomic E-state index is -0.103. The molecule has 120 valence electrons. The van der Waals surface area contributed by atoms with Crippen molar-refractivity contribution in [1.29, 1.82) is 0 Å². The number of carbonyl (C=O) groups excluding carboxylic acids is 2. The first-order valence-corrected chi connectivity index (χ1v) is 8.44. The van der Waals surface area contributed by atoms with Crippen LogP contribution in [0.2, 0.25) is 0 Å². The van der Waals surface area contributed by atoms with E-state index >= 15 is 0 Å². The van der Waals surface area contributed by atoms with Crippen molar-refractivity contribution in [1.82, 2.24) is 0 Å². The van der Waals surface area contributed by atoms with Crippen molar-refractivity contribution in [2.75, 3.05) is 5.32 Å². The van der Waals surface area contributed by atoms with Crippen LogP contribution >= 0.6 is 11.3 Å². The number of thiophene rings is 1. The van der Waals surface area contributed by atoms with Crippen LogP contribution in [0.1, 0.15) is 27.7 Å². The van der Waals surface area contributed by atoms with Crippen LogP contribution < -0.4 is 5.32 Å². The number of ketones is 1. The molecule has 0 aliphatic rings. The van der Waals surface area contributed by atoms with Crippen molar-refractivity contribution in [2.24, 2.45) is 0 Å². The first-order chi connectivity index (χ1) is 11.5. The number of carbonyl (C=O) groups is 2. The number of amides is 1. The van der Waals surface area contributed by atoms with Gasteiger partial charge in [0.15, 0.2) is 5.78 Å². The Balaban J connectivity index is 1.79. The van der Waals surface area contributed by atoms with Gasteiger partial charge in [-0.3, -0.25) is 9.59 Å². The van der Waals surface area contributed by atoms with Crippen LogP contribution in [0.5, 0.6) is 0 Å². The van der Waals surface area contributed by atoms with E-state index in [1.165, 1.54) is 18.3 Å². The molecule has 1 heterocycles. The summed E-state index contributed by atoms with van der Waals surface area (Å²) in [5, 5.41) is 3.85. The summed E-state index contributed by atoms with van der Waals surface area (Å²) in [6.45, 7) is 3.46. The fourth-order valence-electron chi connectivity index (χ4n) is 2.54. The van der Waals surface area contributed by atoms with Gasteiger partial charge in [0.2, 0.25) is 5.91 Å². The van der Waals surface area contributed by atoms with Crippen LogP contribution in [0.25, 0.3) is 16.2 Å². The number of aryl methyl sites for hydroxylation is 1. The van der Waals surface area contributed by atoms with Gasteiger partial charge in [-0.15, -0.1) is 11.3 Å². The number of nitrogens with one attached hydrogen (secondary N) is 1. The fraction of sp³-hybridized carbons (Fsp3) is 0.100. The topological polar surface area (TPSA) is 46.2 Å². The first kappa shape index (κ1) is 16.1. The predicted octanol–water partition coefficient (Wildman–Crippen LogP) is 5.06. The average molecular weight is 335 g/mol. The van der Waals surface area contributed by atoms with Crippen LogP contribution in [-0.2, 0) is 4.79 Å². The standard InChI is InChI=1S/C20H17NO2S/c1-13-17-5-3-4-6-19(17)24-20(13)18(23)12-9-15-7-10-16(11-8-15)21-14(2)22/h3-12H,1-2H3,(H,21,22)/b12-9+. The van der Waals surface area contributed by atoms with E-state index in [0.717, 1.165) is 31.8 Å². The Morgan fingerprint density at radius 3 is 2.42 bits per heavy atom. The van der Waals surface area contributed by atoms with E-state index in [0.29, 0.717) is 0 Å². The fourth-order valence-corrected chi connectivity index (χ4v) is 3.67. The zero-order chi connectivity index (χ0) is 17.1. The molecule has 0 aliphatic heterocycles. The quantitative estimate of drug-likeness (QED) is 0.535. The normalized spacial score (nSPS) is 11.1. The number of fused-ring (bicyclic) bond motifs is 1. The van der Waals surface area contributed by atoms with Crippen LogP contribution in [0.3, 0.4) is 0 Å². The van der Waals surface area contributed by atoms with Crippen LogP contribution in [0.15, 0.2) is 54.6 Å². The molecule has 3 aromatic rings. The van der Waals surface area contributed by atoms with Gasteiger partial charge in [0.1, 0.15) is 0 Å². The maximum atomic E-state index is 12.5. The van der Waals surface area contributed by atoms with E-state index in [4.69, 9.17) is 0 Å². The van der Waals surface area contributed by atoms with E-state index in [-0.39, 0.29) is 11.7 Å². The van der Waals surface area contributed by atoms with Gasteiger partial charge in [0.25, 0.3) is 0 Å². The van der Waals surface area contributed by atoms with E-state index in [1.807, 2.05) is 55.5 Å². The minimum Gasteiger partial charge on any atom is -0.326 e. The maximum absolute atomic E-state index is 12.5. The Morgan fingerprint density at radius 1 is 1.04 bits per heavy atom. The van der Waals surface area contributed by atoms with Gasteiger partial charge in [0, 0.05) is 17.3 Å². The first-order valence-electron chi connectivity index (χ1n) is 7.63. The third kappa shape index (κ3) is 3.44. The molecule has 3 nitrogen and oxygen atoms in total. The summed E-state index contributed by atoms with van der Waals surface area (Å²) in [6.07, 6.45) is 3.40. The van der Waals surface area contributed by atoms with Crippen molar-refractivity contribution in [3.05, 3.63) is 70.6 Å². The second kappa shape index (κ2) is 6.81. The molecule has 2 aromatic carbocycles. The van der Waals surface area contributed by atoms with E-state index < -0.39 is 0 Å². The molecule has 24 heavy (non-hydrogen) atoms. The molecule has 0 radical (unpaired) electrons. The second-order valence-electron chi connectivity index (χ2n) is 5.55. The summed E-state index contributed by atoms with van der Waals surface area (Å²) < 4.78 is 1.13. The Kier molecular flexibility index (Phi) is 4.58. The largest absolute Gasteiger partial charge is 0.326 e. The van der Waals surface area contributed by atoms with Crippen LogP contribution in [-0.4, -0.2) is 11.7 Å². The summed E-state index contributed by atoms with van der Waals surface area (Å²) >= 11 is 1.53. The minimum absolute atomic E-state index is 0.0136. The number of allylic oxidation sites excluding steroid dienone is 1. The van der Waals surface area contributed by atoms with Gasteiger partial charge >= 0.3 is 0 Å². The smallest absolute Gasteiger partial charge is 0.221 e. The van der Waals surface area contributed by atoms with Gasteiger partial charge in [-0.1, -0.05) is 36.4 Å². The number of rotatable bonds is 4. The van der Waals surface area contributed by atoms with Gasteiger partial charge < -0.3 is 5.32 Å². The zero-order valence-corrected chi connectivity index (χ0v) is 14.3. The molecule has 0 atom stereocenters. The Hall–Kier alpha value is -2.72.